The first-order valence-electron chi connectivity index (χ1n) is 9.14. The number of hydrogen-bond donors (Lipinski definition) is 2. The first kappa shape index (κ1) is 18.2. The van der Waals surface area contributed by atoms with Crippen LogP contribution in [0.5, 0.6) is 0 Å². The molecule has 2 saturated heterocycles. The quantitative estimate of drug-likeness (QED) is 0.765. The van der Waals surface area contributed by atoms with Crippen LogP contribution in [0.25, 0.3) is 0 Å². The van der Waals surface area contributed by atoms with Crippen molar-refractivity contribution in [1.82, 2.24) is 15.5 Å². The Hall–Kier alpha value is -2.13. The van der Waals surface area contributed by atoms with Crippen LogP contribution in [0.4, 0.5) is 10.5 Å². The Labute approximate surface area is 158 Å². The molecule has 2 unspecified atom stereocenters. The van der Waals surface area contributed by atoms with Crippen LogP contribution < -0.4 is 14.9 Å². The van der Waals surface area contributed by atoms with Gasteiger partial charge in [-0.25, -0.2) is 13.2 Å². The van der Waals surface area contributed by atoms with E-state index in [1.165, 1.54) is 4.31 Å². The predicted octanol–water partition coefficient (Wildman–Crippen LogP) is 0.529. The number of fused-ring (bicyclic) bond motifs is 3. The van der Waals surface area contributed by atoms with Gasteiger partial charge in [-0.2, -0.15) is 0 Å². The van der Waals surface area contributed by atoms with Crippen molar-refractivity contribution in [3.63, 3.8) is 0 Å². The number of piperidine rings is 1. The highest BCUT2D eigenvalue weighted by molar-refractivity contribution is 7.94. The lowest BCUT2D eigenvalue weighted by Gasteiger charge is -2.39. The van der Waals surface area contributed by atoms with E-state index in [1.807, 2.05) is 32.2 Å². The zero-order chi connectivity index (χ0) is 19.5. The van der Waals surface area contributed by atoms with Gasteiger partial charge < -0.3 is 10.2 Å². The summed E-state index contributed by atoms with van der Waals surface area (Å²) >= 11 is 0. The van der Waals surface area contributed by atoms with E-state index in [0.29, 0.717) is 12.1 Å². The molecule has 8 nitrogen and oxygen atoms in total. The van der Waals surface area contributed by atoms with Gasteiger partial charge in [-0.05, 0) is 45.5 Å². The van der Waals surface area contributed by atoms with Crippen LogP contribution in [0, 0.1) is 6.92 Å². The molecule has 27 heavy (non-hydrogen) atoms. The molecular weight excluding hydrogens is 368 g/mol. The highest BCUT2D eigenvalue weighted by Crippen LogP contribution is 2.47. The number of aryl methyl sites for hydroxylation is 1. The Morgan fingerprint density at radius 3 is 2.67 bits per heavy atom. The van der Waals surface area contributed by atoms with Gasteiger partial charge in [0.05, 0.1) is 17.8 Å². The molecule has 3 heterocycles. The van der Waals surface area contributed by atoms with Gasteiger partial charge in [0.1, 0.15) is 0 Å². The lowest BCUT2D eigenvalue weighted by molar-refractivity contribution is -0.120. The number of imide groups is 1. The fourth-order valence-electron chi connectivity index (χ4n) is 4.61. The van der Waals surface area contributed by atoms with Crippen molar-refractivity contribution in [1.29, 1.82) is 0 Å². The normalized spacial score (nSPS) is 31.1. The number of sulfonamides is 1. The number of likely N-dealkylation sites (tertiary alicyclic amines) is 1. The molecule has 4 atom stereocenters. The number of nitrogens with one attached hydrogen (secondary N) is 2. The highest BCUT2D eigenvalue weighted by atomic mass is 32.2. The van der Waals surface area contributed by atoms with Crippen molar-refractivity contribution in [2.45, 2.75) is 43.5 Å². The van der Waals surface area contributed by atoms with E-state index in [9.17, 15) is 18.0 Å². The number of rotatable bonds is 2. The highest BCUT2D eigenvalue weighted by Gasteiger charge is 2.52. The summed E-state index contributed by atoms with van der Waals surface area (Å²) in [5, 5.41) is 3.27. The molecule has 0 radical (unpaired) electrons. The van der Waals surface area contributed by atoms with E-state index in [0.717, 1.165) is 24.2 Å². The SMILES string of the molecule is Cc1ccc2c(c1)[C@@H]1CN(C)CC[C@H]1N2S(=O)(=O)C1C(=O)NC(=O)NC1C. The number of benzene rings is 1. The summed E-state index contributed by atoms with van der Waals surface area (Å²) in [5.41, 5.74) is 2.75. The molecule has 0 aromatic heterocycles. The molecule has 0 aliphatic carbocycles. The first-order valence-corrected chi connectivity index (χ1v) is 10.6. The van der Waals surface area contributed by atoms with Crippen LogP contribution in [0.2, 0.25) is 0 Å². The van der Waals surface area contributed by atoms with E-state index in [4.69, 9.17) is 0 Å². The molecule has 4 rings (SSSR count). The lowest BCUT2D eigenvalue weighted by Crippen LogP contribution is -2.65. The summed E-state index contributed by atoms with van der Waals surface area (Å²) in [5.74, 6) is -0.693. The van der Waals surface area contributed by atoms with Crippen molar-refractivity contribution in [3.05, 3.63) is 29.3 Å². The van der Waals surface area contributed by atoms with Crippen LogP contribution in [-0.2, 0) is 14.8 Å². The average molecular weight is 392 g/mol. The van der Waals surface area contributed by atoms with E-state index in [1.54, 1.807) is 6.92 Å². The number of urea groups is 1. The third-order valence-electron chi connectivity index (χ3n) is 5.80. The number of likely N-dealkylation sites (N-methyl/N-ethyl adjacent to an activating group) is 1. The zero-order valence-electron chi connectivity index (χ0n) is 15.6. The van der Waals surface area contributed by atoms with Gasteiger partial charge in [0.2, 0.25) is 15.9 Å². The maximum atomic E-state index is 13.6. The fourth-order valence-corrected chi connectivity index (χ4v) is 6.84. The van der Waals surface area contributed by atoms with Crippen LogP contribution in [0.1, 0.15) is 30.4 Å². The van der Waals surface area contributed by atoms with Gasteiger partial charge >= 0.3 is 6.03 Å². The van der Waals surface area contributed by atoms with Gasteiger partial charge in [0.25, 0.3) is 0 Å². The molecule has 3 aliphatic heterocycles. The fraction of sp³-hybridized carbons (Fsp3) is 0.556. The maximum absolute atomic E-state index is 13.6. The lowest BCUT2D eigenvalue weighted by atomic mass is 9.89. The van der Waals surface area contributed by atoms with Gasteiger partial charge in [0.15, 0.2) is 5.25 Å². The molecule has 3 amide bonds. The summed E-state index contributed by atoms with van der Waals surface area (Å²) in [6, 6.07) is 4.12. The molecule has 0 bridgehead atoms. The number of carbonyl (C=O) groups is 2. The minimum absolute atomic E-state index is 0.0741. The molecule has 1 aromatic rings. The number of amides is 3. The van der Waals surface area contributed by atoms with E-state index >= 15 is 0 Å². The summed E-state index contributed by atoms with van der Waals surface area (Å²) in [7, 11) is -1.97. The molecule has 146 valence electrons. The molecule has 3 aliphatic rings. The second-order valence-electron chi connectivity index (χ2n) is 7.80. The Morgan fingerprint density at radius 2 is 1.96 bits per heavy atom. The molecule has 9 heteroatoms. The molecule has 1 aromatic carbocycles. The minimum atomic E-state index is -4.01. The standard InChI is InChI=1S/C18H24N4O4S/c1-10-4-5-14-12(8-10)13-9-21(3)7-6-15(13)22(14)27(25,26)16-11(2)19-18(24)20-17(16)23/h4-5,8,11,13,15-16H,6-7,9H2,1-3H3,(H2,19,20,23,24)/t11?,13-,15+,16?/m0/s1. The molecular formula is C18H24N4O4S. The number of anilines is 1. The average Bonchev–Trinajstić information content (AvgIpc) is 2.87. The van der Waals surface area contributed by atoms with Gasteiger partial charge in [-0.1, -0.05) is 17.7 Å². The summed E-state index contributed by atoms with van der Waals surface area (Å²) in [4.78, 5) is 26.1. The monoisotopic (exact) mass is 392 g/mol. The number of carbonyl (C=O) groups excluding carboxylic acids is 2. The van der Waals surface area contributed by atoms with Gasteiger partial charge in [-0.15, -0.1) is 0 Å². The van der Waals surface area contributed by atoms with Crippen molar-refractivity contribution in [2.24, 2.45) is 0 Å². The van der Waals surface area contributed by atoms with Crippen molar-refractivity contribution < 1.29 is 18.0 Å². The van der Waals surface area contributed by atoms with Crippen LogP contribution in [-0.4, -0.2) is 62.7 Å². The number of hydrogen-bond acceptors (Lipinski definition) is 5. The largest absolute Gasteiger partial charge is 0.333 e. The second-order valence-corrected chi connectivity index (χ2v) is 9.73. The topological polar surface area (TPSA) is 98.8 Å². The van der Waals surface area contributed by atoms with Crippen LogP contribution >= 0.6 is 0 Å². The maximum Gasteiger partial charge on any atom is 0.321 e. The third-order valence-corrected chi connectivity index (χ3v) is 8.08. The third kappa shape index (κ3) is 2.80. The molecule has 0 spiro atoms. The van der Waals surface area contributed by atoms with E-state index < -0.39 is 33.3 Å². The Morgan fingerprint density at radius 1 is 1.22 bits per heavy atom. The molecule has 2 N–H and O–H groups in total. The van der Waals surface area contributed by atoms with Gasteiger partial charge in [0, 0.05) is 12.5 Å². The minimum Gasteiger partial charge on any atom is -0.333 e. The second kappa shape index (κ2) is 6.20. The summed E-state index contributed by atoms with van der Waals surface area (Å²) in [6.07, 6.45) is 0.698. The zero-order valence-corrected chi connectivity index (χ0v) is 16.4. The Bertz CT molecular complexity index is 916. The first-order chi connectivity index (χ1) is 12.7. The van der Waals surface area contributed by atoms with Crippen molar-refractivity contribution in [3.8, 4) is 0 Å². The molecule has 0 saturated carbocycles. The van der Waals surface area contributed by atoms with Crippen molar-refractivity contribution >= 4 is 27.6 Å². The van der Waals surface area contributed by atoms with Crippen LogP contribution in [0.15, 0.2) is 18.2 Å². The number of nitrogens with zero attached hydrogens (tertiary/aromatic N) is 2. The Balaban J connectivity index is 1.80. The van der Waals surface area contributed by atoms with Gasteiger partial charge in [-0.3, -0.25) is 14.4 Å². The summed E-state index contributed by atoms with van der Waals surface area (Å²) in [6.45, 7) is 5.11. The molecule has 2 fully saturated rings. The van der Waals surface area contributed by atoms with Crippen molar-refractivity contribution in [2.75, 3.05) is 24.4 Å². The Kier molecular flexibility index (Phi) is 4.19. The van der Waals surface area contributed by atoms with E-state index in [-0.39, 0.29) is 12.0 Å². The smallest absolute Gasteiger partial charge is 0.321 e. The van der Waals surface area contributed by atoms with E-state index in [2.05, 4.69) is 15.5 Å². The predicted molar refractivity (Wildman–Crippen MR) is 101 cm³/mol. The summed E-state index contributed by atoms with van der Waals surface area (Å²) < 4.78 is 28.7. The van der Waals surface area contributed by atoms with Crippen LogP contribution in [0.3, 0.4) is 0 Å².